The van der Waals surface area contributed by atoms with Crippen LogP contribution < -0.4 is 5.32 Å². The molecule has 3 rings (SSSR count). The highest BCUT2D eigenvalue weighted by Crippen LogP contribution is 2.36. The Labute approximate surface area is 160 Å². The Morgan fingerprint density at radius 1 is 1.08 bits per heavy atom. The number of aromatic carboxylic acids is 1. The summed E-state index contributed by atoms with van der Waals surface area (Å²) < 4.78 is 0. The number of halogens is 1. The zero-order valence-corrected chi connectivity index (χ0v) is 15.7. The van der Waals surface area contributed by atoms with E-state index in [0.717, 1.165) is 16.7 Å². The number of thiophene rings is 1. The molecule has 0 aliphatic carbocycles. The maximum Gasteiger partial charge on any atom is 0.339 e. The molecule has 3 aromatic rings. The summed E-state index contributed by atoms with van der Waals surface area (Å²) in [5.74, 6) is -1.48. The summed E-state index contributed by atoms with van der Waals surface area (Å²) in [6.45, 7) is 3.81. The van der Waals surface area contributed by atoms with Crippen molar-refractivity contribution in [2.45, 2.75) is 13.8 Å². The van der Waals surface area contributed by atoms with Crippen molar-refractivity contribution in [3.8, 4) is 11.1 Å². The van der Waals surface area contributed by atoms with Gasteiger partial charge in [-0.1, -0.05) is 47.5 Å². The van der Waals surface area contributed by atoms with E-state index in [4.69, 9.17) is 11.6 Å². The lowest BCUT2D eigenvalue weighted by Gasteiger charge is -2.07. The topological polar surface area (TPSA) is 66.4 Å². The minimum atomic E-state index is -1.08. The van der Waals surface area contributed by atoms with Crippen LogP contribution in [0, 0.1) is 13.8 Å². The fourth-order valence-electron chi connectivity index (χ4n) is 2.52. The van der Waals surface area contributed by atoms with Crippen molar-refractivity contribution in [1.82, 2.24) is 0 Å². The summed E-state index contributed by atoms with van der Waals surface area (Å²) in [5, 5.41) is 14.9. The van der Waals surface area contributed by atoms with Crippen molar-refractivity contribution in [3.63, 3.8) is 0 Å². The van der Waals surface area contributed by atoms with E-state index in [1.54, 1.807) is 23.6 Å². The van der Waals surface area contributed by atoms with Crippen LogP contribution >= 0.6 is 22.9 Å². The number of hydrogen-bond acceptors (Lipinski definition) is 3. The molecule has 132 valence electrons. The molecule has 1 heterocycles. The van der Waals surface area contributed by atoms with Gasteiger partial charge in [-0.05, 0) is 37.1 Å². The smallest absolute Gasteiger partial charge is 0.339 e. The summed E-state index contributed by atoms with van der Waals surface area (Å²) in [7, 11) is 0. The number of carboxylic acids is 1. The molecule has 0 radical (unpaired) electrons. The van der Waals surface area contributed by atoms with Crippen molar-refractivity contribution in [2.75, 3.05) is 5.32 Å². The third kappa shape index (κ3) is 3.64. The molecular formula is C20H16ClNO3S. The van der Waals surface area contributed by atoms with Gasteiger partial charge in [-0.2, -0.15) is 0 Å². The molecule has 1 amide bonds. The summed E-state index contributed by atoms with van der Waals surface area (Å²) in [5.41, 5.74) is 3.80. The highest BCUT2D eigenvalue weighted by Gasteiger charge is 2.21. The van der Waals surface area contributed by atoms with E-state index in [0.29, 0.717) is 21.2 Å². The van der Waals surface area contributed by atoms with E-state index in [-0.39, 0.29) is 5.56 Å². The first kappa shape index (κ1) is 18.2. The van der Waals surface area contributed by atoms with Crippen LogP contribution in [0.2, 0.25) is 5.02 Å². The van der Waals surface area contributed by atoms with Crippen molar-refractivity contribution < 1.29 is 14.7 Å². The Kier molecular flexibility index (Phi) is 5.11. The first-order chi connectivity index (χ1) is 12.4. The van der Waals surface area contributed by atoms with Crippen LogP contribution in [0.1, 0.15) is 31.8 Å². The number of nitrogens with one attached hydrogen (secondary N) is 1. The van der Waals surface area contributed by atoms with E-state index < -0.39 is 11.9 Å². The molecule has 0 atom stereocenters. The standard InChI is InChI=1S/C20H16ClNO3S/c1-11-3-6-13(7-4-11)15-10-26-19(17(15)20(24)25)22-18(23)14-8-5-12(2)16(21)9-14/h3-10H,1-2H3,(H,22,23)(H,24,25). The number of carbonyl (C=O) groups excluding carboxylic acids is 1. The van der Waals surface area contributed by atoms with Crippen LogP contribution in [0.4, 0.5) is 5.00 Å². The molecule has 2 N–H and O–H groups in total. The SMILES string of the molecule is Cc1ccc(-c2csc(NC(=O)c3ccc(C)c(Cl)c3)c2C(=O)O)cc1. The number of amides is 1. The molecule has 1 aromatic heterocycles. The highest BCUT2D eigenvalue weighted by molar-refractivity contribution is 7.15. The molecule has 4 nitrogen and oxygen atoms in total. The maximum atomic E-state index is 12.5. The largest absolute Gasteiger partial charge is 0.478 e. The molecule has 0 bridgehead atoms. The van der Waals surface area contributed by atoms with E-state index in [9.17, 15) is 14.7 Å². The van der Waals surface area contributed by atoms with Crippen molar-refractivity contribution in [3.05, 3.63) is 75.1 Å². The van der Waals surface area contributed by atoms with E-state index in [2.05, 4.69) is 5.32 Å². The summed E-state index contributed by atoms with van der Waals surface area (Å²) in [6.07, 6.45) is 0. The third-order valence-corrected chi connectivity index (χ3v) is 5.33. The first-order valence-corrected chi connectivity index (χ1v) is 9.12. The van der Waals surface area contributed by atoms with E-state index in [1.807, 2.05) is 38.1 Å². The van der Waals surface area contributed by atoms with Crippen molar-refractivity contribution in [1.29, 1.82) is 0 Å². The molecule has 6 heteroatoms. The summed E-state index contributed by atoms with van der Waals surface area (Å²) in [4.78, 5) is 24.3. The average molecular weight is 386 g/mol. The average Bonchev–Trinajstić information content (AvgIpc) is 3.01. The lowest BCUT2D eigenvalue weighted by molar-refractivity contribution is 0.0699. The van der Waals surface area contributed by atoms with Crippen LogP contribution in [-0.2, 0) is 0 Å². The number of rotatable bonds is 4. The Morgan fingerprint density at radius 3 is 2.38 bits per heavy atom. The van der Waals surface area contributed by atoms with Gasteiger partial charge in [0.15, 0.2) is 0 Å². The van der Waals surface area contributed by atoms with Gasteiger partial charge < -0.3 is 10.4 Å². The van der Waals surface area contributed by atoms with Gasteiger partial charge in [-0.3, -0.25) is 4.79 Å². The zero-order valence-electron chi connectivity index (χ0n) is 14.2. The minimum Gasteiger partial charge on any atom is -0.478 e. The summed E-state index contributed by atoms with van der Waals surface area (Å²) in [6, 6.07) is 12.6. The Morgan fingerprint density at radius 2 is 1.77 bits per heavy atom. The molecule has 0 saturated heterocycles. The summed E-state index contributed by atoms with van der Waals surface area (Å²) >= 11 is 7.26. The third-order valence-electron chi connectivity index (χ3n) is 4.03. The first-order valence-electron chi connectivity index (χ1n) is 7.86. The second-order valence-electron chi connectivity index (χ2n) is 5.94. The predicted octanol–water partition coefficient (Wildman–Crippen LogP) is 5.64. The van der Waals surface area contributed by atoms with Crippen LogP contribution in [0.15, 0.2) is 47.8 Å². The second kappa shape index (κ2) is 7.32. The van der Waals surface area contributed by atoms with Crippen LogP contribution in [0.25, 0.3) is 11.1 Å². The van der Waals surface area contributed by atoms with Crippen LogP contribution in [0.5, 0.6) is 0 Å². The van der Waals surface area contributed by atoms with Gasteiger partial charge in [0.25, 0.3) is 5.91 Å². The molecular weight excluding hydrogens is 370 g/mol. The number of benzene rings is 2. The number of hydrogen-bond donors (Lipinski definition) is 2. The Balaban J connectivity index is 1.95. The van der Waals surface area contributed by atoms with Crippen LogP contribution in [-0.4, -0.2) is 17.0 Å². The molecule has 0 unspecified atom stereocenters. The van der Waals surface area contributed by atoms with E-state index >= 15 is 0 Å². The fraction of sp³-hybridized carbons (Fsp3) is 0.100. The zero-order chi connectivity index (χ0) is 18.8. The quantitative estimate of drug-likeness (QED) is 0.611. The molecule has 26 heavy (non-hydrogen) atoms. The van der Waals surface area contributed by atoms with Gasteiger partial charge in [0.2, 0.25) is 0 Å². The predicted molar refractivity (Wildman–Crippen MR) is 106 cm³/mol. The fourth-order valence-corrected chi connectivity index (χ4v) is 3.65. The highest BCUT2D eigenvalue weighted by atomic mass is 35.5. The number of anilines is 1. The number of carbonyl (C=O) groups is 2. The van der Waals surface area contributed by atoms with Crippen molar-refractivity contribution >= 4 is 39.8 Å². The maximum absolute atomic E-state index is 12.5. The molecule has 0 fully saturated rings. The van der Waals surface area contributed by atoms with Crippen molar-refractivity contribution in [2.24, 2.45) is 0 Å². The molecule has 0 aliphatic rings. The molecule has 0 spiro atoms. The lowest BCUT2D eigenvalue weighted by Crippen LogP contribution is -2.13. The van der Waals surface area contributed by atoms with Gasteiger partial charge >= 0.3 is 5.97 Å². The molecule has 2 aromatic carbocycles. The van der Waals surface area contributed by atoms with Crippen LogP contribution in [0.3, 0.4) is 0 Å². The second-order valence-corrected chi connectivity index (χ2v) is 7.23. The van der Waals surface area contributed by atoms with Gasteiger partial charge in [-0.15, -0.1) is 11.3 Å². The lowest BCUT2D eigenvalue weighted by atomic mass is 10.0. The molecule has 0 aliphatic heterocycles. The Hall–Kier alpha value is -2.63. The van der Waals surface area contributed by atoms with Gasteiger partial charge in [0.1, 0.15) is 10.6 Å². The minimum absolute atomic E-state index is 0.0883. The number of carboxylic acid groups (broad SMARTS) is 1. The van der Waals surface area contributed by atoms with Gasteiger partial charge in [0, 0.05) is 21.5 Å². The normalized spacial score (nSPS) is 10.6. The van der Waals surface area contributed by atoms with Gasteiger partial charge in [-0.25, -0.2) is 4.79 Å². The number of aryl methyl sites for hydroxylation is 2. The molecule has 0 saturated carbocycles. The van der Waals surface area contributed by atoms with E-state index in [1.165, 1.54) is 11.3 Å². The Bertz CT molecular complexity index is 993. The monoisotopic (exact) mass is 385 g/mol. The van der Waals surface area contributed by atoms with Gasteiger partial charge in [0.05, 0.1) is 0 Å².